The fraction of sp³-hybridized carbons (Fsp3) is 0.500. The van der Waals surface area contributed by atoms with Gasteiger partial charge in [-0.1, -0.05) is 26.0 Å². The second-order valence-electron chi connectivity index (χ2n) is 4.02. The Morgan fingerprint density at radius 3 is 2.00 bits per heavy atom. The Labute approximate surface area is 155 Å². The molecular weight excluding hydrogens is 281 g/mol. The van der Waals surface area contributed by atoms with Crippen molar-refractivity contribution in [3.63, 3.8) is 0 Å². The molecule has 0 saturated carbocycles. The number of nitrogens with zero attached hydrogens (tertiary/aromatic N) is 1. The summed E-state index contributed by atoms with van der Waals surface area (Å²) in [5.41, 5.74) is -0.592. The molecule has 0 aliphatic rings. The monoisotopic (exact) mass is 299 g/mol. The molecule has 0 saturated heterocycles. The summed E-state index contributed by atoms with van der Waals surface area (Å²) in [4.78, 5) is 2.19. The Morgan fingerprint density at radius 2 is 1.58 bits per heavy atom. The summed E-state index contributed by atoms with van der Waals surface area (Å²) >= 11 is 0. The summed E-state index contributed by atoms with van der Waals surface area (Å²) in [6.07, 6.45) is 0. The van der Waals surface area contributed by atoms with Gasteiger partial charge in [-0.15, -0.1) is 5.46 Å². The van der Waals surface area contributed by atoms with Crippen molar-refractivity contribution in [2.24, 2.45) is 0 Å². The van der Waals surface area contributed by atoms with Crippen molar-refractivity contribution in [2.45, 2.75) is 13.8 Å². The predicted octanol–water partition coefficient (Wildman–Crippen LogP) is -0.534. The van der Waals surface area contributed by atoms with E-state index in [0.717, 1.165) is 31.8 Å². The Hall–Kier alpha value is 0.471. The van der Waals surface area contributed by atoms with Crippen molar-refractivity contribution in [3.05, 3.63) is 24.3 Å². The van der Waals surface area contributed by atoms with E-state index >= 15 is 0 Å². The maximum Gasteiger partial charge on any atom is 1.00 e. The topological polar surface area (TPSA) is 12.5 Å². The van der Waals surface area contributed by atoms with Crippen molar-refractivity contribution in [1.82, 2.24) is 4.90 Å². The van der Waals surface area contributed by atoms with Crippen molar-refractivity contribution in [1.29, 1.82) is 0 Å². The SMILES string of the molecule is CCN(CC)CCOc1ccc([B-](F)(F)F)cc1.[K+]. The molecule has 0 fully saturated rings. The molecule has 19 heavy (non-hydrogen) atoms. The minimum atomic E-state index is -4.92. The van der Waals surface area contributed by atoms with E-state index in [0.29, 0.717) is 12.4 Å². The first kappa shape index (κ1) is 19.5. The number of halogens is 3. The van der Waals surface area contributed by atoms with Gasteiger partial charge in [0.15, 0.2) is 0 Å². The zero-order valence-electron chi connectivity index (χ0n) is 11.7. The van der Waals surface area contributed by atoms with Crippen LogP contribution in [-0.4, -0.2) is 38.1 Å². The van der Waals surface area contributed by atoms with Gasteiger partial charge >= 0.3 is 58.4 Å². The molecule has 0 atom stereocenters. The van der Waals surface area contributed by atoms with Gasteiger partial charge in [0.2, 0.25) is 0 Å². The molecule has 7 heteroatoms. The molecule has 1 rings (SSSR count). The van der Waals surface area contributed by atoms with Gasteiger partial charge < -0.3 is 22.6 Å². The van der Waals surface area contributed by atoms with E-state index in [1.165, 1.54) is 12.1 Å². The van der Waals surface area contributed by atoms with E-state index < -0.39 is 12.4 Å². The van der Waals surface area contributed by atoms with Crippen LogP contribution in [0.3, 0.4) is 0 Å². The van der Waals surface area contributed by atoms with Crippen LogP contribution in [0.25, 0.3) is 0 Å². The summed E-state index contributed by atoms with van der Waals surface area (Å²) in [6, 6.07) is 4.86. The molecule has 0 radical (unpaired) electrons. The van der Waals surface area contributed by atoms with Gasteiger partial charge in [0, 0.05) is 6.54 Å². The first-order valence-corrected chi connectivity index (χ1v) is 6.12. The van der Waals surface area contributed by atoms with Gasteiger partial charge in [-0.25, -0.2) is 0 Å². The van der Waals surface area contributed by atoms with E-state index in [2.05, 4.69) is 18.7 Å². The van der Waals surface area contributed by atoms with Crippen molar-refractivity contribution in [2.75, 3.05) is 26.2 Å². The van der Waals surface area contributed by atoms with Crippen LogP contribution in [0.1, 0.15) is 13.8 Å². The third kappa shape index (κ3) is 7.15. The molecule has 0 spiro atoms. The van der Waals surface area contributed by atoms with E-state index in [1.54, 1.807) is 0 Å². The standard InChI is InChI=1S/C12H18BF3NO.K/c1-3-17(4-2)9-10-18-12-7-5-11(6-8-12)13(14,15)16;/h5-8H,3-4,9-10H2,1-2H3;/q-1;+1. The Balaban J connectivity index is 0.00000324. The number of hydrogen-bond donors (Lipinski definition) is 0. The first-order chi connectivity index (χ1) is 8.47. The third-order valence-electron chi connectivity index (χ3n) is 2.83. The summed E-state index contributed by atoms with van der Waals surface area (Å²) in [7, 11) is 0. The molecular formula is C12H18BF3KNO. The van der Waals surface area contributed by atoms with E-state index in [-0.39, 0.29) is 51.4 Å². The van der Waals surface area contributed by atoms with Crippen LogP contribution in [0.2, 0.25) is 0 Å². The van der Waals surface area contributed by atoms with Crippen LogP contribution in [0.4, 0.5) is 12.9 Å². The van der Waals surface area contributed by atoms with Gasteiger partial charge in [0.05, 0.1) is 0 Å². The molecule has 1 aromatic rings. The van der Waals surface area contributed by atoms with Gasteiger partial charge in [-0.2, -0.15) is 0 Å². The van der Waals surface area contributed by atoms with Crippen molar-refractivity contribution in [3.8, 4) is 5.75 Å². The smallest absolute Gasteiger partial charge is 0.492 e. The van der Waals surface area contributed by atoms with Gasteiger partial charge in [-0.3, -0.25) is 0 Å². The predicted molar refractivity (Wildman–Crippen MR) is 68.4 cm³/mol. The van der Waals surface area contributed by atoms with Gasteiger partial charge in [-0.05, 0) is 25.2 Å². The second kappa shape index (κ2) is 9.42. The fourth-order valence-electron chi connectivity index (χ4n) is 1.61. The van der Waals surface area contributed by atoms with E-state index in [1.807, 2.05) is 0 Å². The molecule has 0 N–H and O–H groups in total. The number of ether oxygens (including phenoxy) is 1. The van der Waals surface area contributed by atoms with E-state index in [9.17, 15) is 12.9 Å². The first-order valence-electron chi connectivity index (χ1n) is 6.12. The molecule has 0 unspecified atom stereocenters. The second-order valence-corrected chi connectivity index (χ2v) is 4.02. The van der Waals surface area contributed by atoms with Gasteiger partial charge in [0.1, 0.15) is 12.4 Å². The Kier molecular flexibility index (Phi) is 9.65. The number of likely N-dealkylation sites (N-methyl/N-ethyl adjacent to an activating group) is 1. The van der Waals surface area contributed by atoms with Crippen LogP contribution in [0, 0.1) is 0 Å². The van der Waals surface area contributed by atoms with Crippen LogP contribution >= 0.6 is 0 Å². The average molecular weight is 299 g/mol. The van der Waals surface area contributed by atoms with Crippen molar-refractivity contribution < 1.29 is 69.1 Å². The van der Waals surface area contributed by atoms with Gasteiger partial charge in [0.25, 0.3) is 0 Å². The Morgan fingerprint density at radius 1 is 1.05 bits per heavy atom. The average Bonchev–Trinajstić information content (AvgIpc) is 2.34. The minimum Gasteiger partial charge on any atom is -0.492 e. The largest absolute Gasteiger partial charge is 1.00 e. The summed E-state index contributed by atoms with van der Waals surface area (Å²) in [6.45, 7) is 2.34. The number of rotatable bonds is 7. The molecule has 0 bridgehead atoms. The minimum absolute atomic E-state index is 0. The van der Waals surface area contributed by atoms with E-state index in [4.69, 9.17) is 4.74 Å². The normalized spacial score (nSPS) is 11.3. The molecule has 0 aromatic heterocycles. The fourth-order valence-corrected chi connectivity index (χ4v) is 1.61. The molecule has 0 heterocycles. The number of hydrogen-bond acceptors (Lipinski definition) is 2. The van der Waals surface area contributed by atoms with Crippen LogP contribution in [0.15, 0.2) is 24.3 Å². The molecule has 0 amide bonds. The maximum absolute atomic E-state index is 12.4. The maximum atomic E-state index is 12.4. The summed E-state index contributed by atoms with van der Waals surface area (Å²) in [5, 5.41) is 0. The molecule has 102 valence electrons. The summed E-state index contributed by atoms with van der Waals surface area (Å²) < 4.78 is 42.6. The zero-order chi connectivity index (χ0) is 13.6. The third-order valence-corrected chi connectivity index (χ3v) is 2.83. The molecule has 0 aliphatic heterocycles. The Bertz CT molecular complexity index is 355. The van der Waals surface area contributed by atoms with Crippen molar-refractivity contribution >= 4 is 12.4 Å². The molecule has 1 aromatic carbocycles. The quantitative estimate of drug-likeness (QED) is 0.628. The zero-order valence-corrected chi connectivity index (χ0v) is 14.8. The summed E-state index contributed by atoms with van der Waals surface area (Å²) in [5.74, 6) is 0.478. The van der Waals surface area contributed by atoms with Crippen LogP contribution in [0.5, 0.6) is 5.75 Å². The van der Waals surface area contributed by atoms with Crippen LogP contribution < -0.4 is 61.6 Å². The molecule has 2 nitrogen and oxygen atoms in total. The molecule has 0 aliphatic carbocycles. The van der Waals surface area contributed by atoms with Crippen LogP contribution in [-0.2, 0) is 0 Å². The number of benzene rings is 1.